The minimum Gasteiger partial charge on any atom is -0.476 e. The van der Waals surface area contributed by atoms with E-state index < -0.39 is 24.4 Å². The van der Waals surface area contributed by atoms with E-state index in [-0.39, 0.29) is 6.61 Å². The fourth-order valence-electron chi connectivity index (χ4n) is 4.43. The fourth-order valence-corrected chi connectivity index (χ4v) is 4.43. The lowest BCUT2D eigenvalue weighted by Crippen LogP contribution is -2.36. The molecule has 1 atom stereocenters. The largest absolute Gasteiger partial charge is 0.476 e. The molecule has 216 valence electrons. The van der Waals surface area contributed by atoms with E-state index in [9.17, 15) is 13.6 Å². The third kappa shape index (κ3) is 7.47. The van der Waals surface area contributed by atoms with Crippen LogP contribution in [0.25, 0.3) is 22.2 Å². The van der Waals surface area contributed by atoms with Gasteiger partial charge in [0, 0.05) is 68.8 Å². The van der Waals surface area contributed by atoms with Crippen LogP contribution in [0.4, 0.5) is 25.0 Å². The maximum Gasteiger partial charge on any atom is 0.410 e. The van der Waals surface area contributed by atoms with Gasteiger partial charge in [-0.25, -0.2) is 14.8 Å². The monoisotopic (exact) mass is 557 g/mol. The van der Waals surface area contributed by atoms with Crippen molar-refractivity contribution in [3.63, 3.8) is 0 Å². The van der Waals surface area contributed by atoms with Crippen molar-refractivity contribution in [2.45, 2.75) is 45.5 Å². The van der Waals surface area contributed by atoms with Crippen molar-refractivity contribution in [1.82, 2.24) is 14.9 Å². The van der Waals surface area contributed by atoms with E-state index in [1.807, 2.05) is 70.1 Å². The fraction of sp³-hybridized carbons (Fsp3) is 0.483. The van der Waals surface area contributed by atoms with Crippen LogP contribution < -0.4 is 14.5 Å². The van der Waals surface area contributed by atoms with Gasteiger partial charge in [0.1, 0.15) is 12.2 Å². The zero-order chi connectivity index (χ0) is 29.0. The average Bonchev–Trinajstić information content (AvgIpc) is 3.34. The normalized spacial score (nSPS) is 15.5. The summed E-state index contributed by atoms with van der Waals surface area (Å²) >= 11 is 0. The van der Waals surface area contributed by atoms with Gasteiger partial charge in [-0.05, 0) is 57.5 Å². The molecule has 0 bridgehead atoms. The third-order valence-corrected chi connectivity index (χ3v) is 6.48. The van der Waals surface area contributed by atoms with Crippen LogP contribution in [-0.4, -0.2) is 86.7 Å². The standard InChI is InChI=1S/C29H37F2N5O4/c1-29(2,3)40-28(37)35(6)13-14-38-26-10-7-19(17-32-26)23-16-25(36-12-11-21(18-36)39-27(30)31)22-9-8-20(34(4)5)15-24(22)33-23/h7-10,15-17,21,27H,11-14,18H2,1-6H3. The number of benzene rings is 1. The van der Waals surface area contributed by atoms with Gasteiger partial charge in [0.15, 0.2) is 0 Å². The Kier molecular flexibility index (Phi) is 8.92. The Morgan fingerprint density at radius 1 is 1.15 bits per heavy atom. The van der Waals surface area contributed by atoms with Crippen molar-refractivity contribution >= 4 is 28.4 Å². The third-order valence-electron chi connectivity index (χ3n) is 6.48. The number of aromatic nitrogens is 2. The Hall–Kier alpha value is -3.73. The van der Waals surface area contributed by atoms with Crippen LogP contribution in [0, 0.1) is 0 Å². The van der Waals surface area contributed by atoms with Crippen LogP contribution in [0.15, 0.2) is 42.6 Å². The highest BCUT2D eigenvalue weighted by Gasteiger charge is 2.27. The van der Waals surface area contributed by atoms with Crippen molar-refractivity contribution in [2.24, 2.45) is 0 Å². The predicted octanol–water partition coefficient (Wildman–Crippen LogP) is 5.43. The molecule has 3 heterocycles. The van der Waals surface area contributed by atoms with Gasteiger partial charge < -0.3 is 28.9 Å². The van der Waals surface area contributed by atoms with Crippen LogP contribution >= 0.6 is 0 Å². The summed E-state index contributed by atoms with van der Waals surface area (Å²) in [6, 6.07) is 11.6. The van der Waals surface area contributed by atoms with Gasteiger partial charge in [0.25, 0.3) is 0 Å². The molecule has 0 saturated carbocycles. The molecular weight excluding hydrogens is 520 g/mol. The van der Waals surface area contributed by atoms with Crippen LogP contribution in [0.5, 0.6) is 5.88 Å². The van der Waals surface area contributed by atoms with Crippen molar-refractivity contribution in [3.8, 4) is 17.1 Å². The topological polar surface area (TPSA) is 80.3 Å². The summed E-state index contributed by atoms with van der Waals surface area (Å²) in [5, 5.41) is 0.939. The molecule has 1 amide bonds. The molecule has 1 unspecified atom stereocenters. The predicted molar refractivity (Wildman–Crippen MR) is 151 cm³/mol. The first-order valence-corrected chi connectivity index (χ1v) is 13.2. The lowest BCUT2D eigenvalue weighted by molar-refractivity contribution is -0.156. The Morgan fingerprint density at radius 2 is 1.93 bits per heavy atom. The molecule has 1 fully saturated rings. The lowest BCUT2D eigenvalue weighted by Gasteiger charge is -2.24. The molecule has 1 saturated heterocycles. The Bertz CT molecular complexity index is 1310. The number of anilines is 2. The van der Waals surface area contributed by atoms with Gasteiger partial charge in [-0.2, -0.15) is 8.78 Å². The molecule has 0 spiro atoms. The SMILES string of the molecule is CN(CCOc1ccc(-c2cc(N3CCC(OC(F)F)C3)c3ccc(N(C)C)cc3n2)cn1)C(=O)OC(C)(C)C. The highest BCUT2D eigenvalue weighted by Crippen LogP contribution is 2.35. The van der Waals surface area contributed by atoms with Crippen LogP contribution in [0.3, 0.4) is 0 Å². The van der Waals surface area contributed by atoms with Crippen LogP contribution in [-0.2, 0) is 9.47 Å². The molecule has 0 aliphatic carbocycles. The highest BCUT2D eigenvalue weighted by molar-refractivity contribution is 5.96. The van der Waals surface area contributed by atoms with Crippen LogP contribution in [0.2, 0.25) is 0 Å². The number of carbonyl (C=O) groups excluding carboxylic acids is 1. The molecule has 11 heteroatoms. The van der Waals surface area contributed by atoms with Gasteiger partial charge in [0.05, 0.1) is 23.9 Å². The molecular formula is C29H37F2N5O4. The summed E-state index contributed by atoms with van der Waals surface area (Å²) in [4.78, 5) is 27.0. The lowest BCUT2D eigenvalue weighted by atomic mass is 10.1. The summed E-state index contributed by atoms with van der Waals surface area (Å²) in [6.07, 6.45) is 1.27. The van der Waals surface area contributed by atoms with E-state index in [0.29, 0.717) is 37.6 Å². The number of likely N-dealkylation sites (N-methyl/N-ethyl adjacent to an activating group) is 1. The number of alkyl halides is 2. The zero-order valence-corrected chi connectivity index (χ0v) is 23.9. The molecule has 0 N–H and O–H groups in total. The van der Waals surface area contributed by atoms with E-state index in [1.165, 1.54) is 4.90 Å². The van der Waals surface area contributed by atoms with Crippen LogP contribution in [0.1, 0.15) is 27.2 Å². The smallest absolute Gasteiger partial charge is 0.410 e. The molecule has 1 aromatic carbocycles. The van der Waals surface area contributed by atoms with Crippen molar-refractivity contribution in [2.75, 3.05) is 57.2 Å². The number of pyridine rings is 2. The Morgan fingerprint density at radius 3 is 2.58 bits per heavy atom. The highest BCUT2D eigenvalue weighted by atomic mass is 19.3. The number of nitrogens with zero attached hydrogens (tertiary/aromatic N) is 5. The van der Waals surface area contributed by atoms with Crippen molar-refractivity contribution in [3.05, 3.63) is 42.6 Å². The van der Waals surface area contributed by atoms with Gasteiger partial charge in [0.2, 0.25) is 5.88 Å². The molecule has 9 nitrogen and oxygen atoms in total. The van der Waals surface area contributed by atoms with E-state index in [1.54, 1.807) is 19.3 Å². The van der Waals surface area contributed by atoms with Gasteiger partial charge in [-0.1, -0.05) is 0 Å². The van der Waals surface area contributed by atoms with Crippen molar-refractivity contribution < 1.29 is 27.8 Å². The number of hydrogen-bond donors (Lipinski definition) is 0. The maximum absolute atomic E-state index is 12.8. The maximum atomic E-state index is 12.8. The number of rotatable bonds is 9. The number of carbonyl (C=O) groups is 1. The Balaban J connectivity index is 1.52. The summed E-state index contributed by atoms with van der Waals surface area (Å²) in [5.41, 5.74) is 3.64. The second-order valence-electron chi connectivity index (χ2n) is 11.0. The van der Waals surface area contributed by atoms with E-state index in [4.69, 9.17) is 19.2 Å². The van der Waals surface area contributed by atoms with E-state index >= 15 is 0 Å². The quantitative estimate of drug-likeness (QED) is 0.345. The summed E-state index contributed by atoms with van der Waals surface area (Å²) in [6.45, 7) is 4.24. The second kappa shape index (κ2) is 12.2. The molecule has 0 radical (unpaired) electrons. The first-order valence-electron chi connectivity index (χ1n) is 13.2. The van der Waals surface area contributed by atoms with Crippen molar-refractivity contribution in [1.29, 1.82) is 0 Å². The molecule has 3 aromatic rings. The molecule has 40 heavy (non-hydrogen) atoms. The van der Waals surface area contributed by atoms with E-state index in [2.05, 4.69) is 9.88 Å². The number of halogens is 2. The number of hydrogen-bond acceptors (Lipinski definition) is 8. The van der Waals surface area contributed by atoms with E-state index in [0.717, 1.165) is 27.8 Å². The summed E-state index contributed by atoms with van der Waals surface area (Å²) in [5.74, 6) is 0.420. The number of ether oxygens (including phenoxy) is 3. The van der Waals surface area contributed by atoms with Gasteiger partial charge >= 0.3 is 12.7 Å². The number of amides is 1. The van der Waals surface area contributed by atoms with Gasteiger partial charge in [-0.3, -0.25) is 0 Å². The zero-order valence-electron chi connectivity index (χ0n) is 23.9. The average molecular weight is 558 g/mol. The van der Waals surface area contributed by atoms with Gasteiger partial charge in [-0.15, -0.1) is 0 Å². The Labute approximate surface area is 233 Å². The molecule has 2 aromatic heterocycles. The first kappa shape index (κ1) is 29.3. The molecule has 4 rings (SSSR count). The minimum absolute atomic E-state index is 0.255. The minimum atomic E-state index is -2.79. The second-order valence-corrected chi connectivity index (χ2v) is 11.0. The summed E-state index contributed by atoms with van der Waals surface area (Å²) in [7, 11) is 5.58. The molecule has 1 aliphatic rings. The molecule has 1 aliphatic heterocycles. The number of fused-ring (bicyclic) bond motifs is 1. The summed E-state index contributed by atoms with van der Waals surface area (Å²) < 4.78 is 41.5. The first-order chi connectivity index (χ1) is 18.9.